The zero-order valence-electron chi connectivity index (χ0n) is 16.1. The van der Waals surface area contributed by atoms with Gasteiger partial charge in [-0.25, -0.2) is 4.39 Å². The van der Waals surface area contributed by atoms with E-state index in [4.69, 9.17) is 9.47 Å². The molecule has 1 aliphatic heterocycles. The van der Waals surface area contributed by atoms with Crippen molar-refractivity contribution in [3.63, 3.8) is 0 Å². The molecule has 0 saturated carbocycles. The van der Waals surface area contributed by atoms with Gasteiger partial charge in [0.2, 0.25) is 0 Å². The fourth-order valence-electron chi connectivity index (χ4n) is 3.14. The molecule has 2 atom stereocenters. The number of nitrogens with zero attached hydrogens (tertiary/aromatic N) is 1. The minimum absolute atomic E-state index is 0.0741. The smallest absolute Gasteiger partial charge is 0.255 e. The Balaban J connectivity index is 1.80. The lowest BCUT2D eigenvalue weighted by atomic mass is 10.2. The van der Waals surface area contributed by atoms with Crippen molar-refractivity contribution >= 4 is 11.8 Å². The number of halogens is 1. The first-order valence-corrected chi connectivity index (χ1v) is 9.36. The van der Waals surface area contributed by atoms with Crippen molar-refractivity contribution in [3.05, 3.63) is 71.5 Å². The van der Waals surface area contributed by atoms with Crippen LogP contribution in [0.25, 0.3) is 0 Å². The molecule has 3 rings (SSSR count). The van der Waals surface area contributed by atoms with Crippen LogP contribution in [0.2, 0.25) is 0 Å². The number of benzene rings is 2. The number of nitrogens with one attached hydrogen (secondary N) is 2. The largest absolute Gasteiger partial charge is 0.379 e. The van der Waals surface area contributed by atoms with Crippen molar-refractivity contribution in [3.8, 4) is 0 Å². The minimum atomic E-state index is -0.850. The first-order valence-electron chi connectivity index (χ1n) is 9.36. The molecule has 29 heavy (non-hydrogen) atoms. The summed E-state index contributed by atoms with van der Waals surface area (Å²) < 4.78 is 24.9. The van der Waals surface area contributed by atoms with Gasteiger partial charge < -0.3 is 20.1 Å². The van der Waals surface area contributed by atoms with Crippen LogP contribution in [-0.4, -0.2) is 62.5 Å². The summed E-state index contributed by atoms with van der Waals surface area (Å²) in [5.41, 5.74) is 0.394. The maximum atomic E-state index is 14.1. The van der Waals surface area contributed by atoms with Crippen LogP contribution >= 0.6 is 0 Å². The highest BCUT2D eigenvalue weighted by Gasteiger charge is 2.32. The first kappa shape index (κ1) is 20.9. The lowest BCUT2D eigenvalue weighted by Gasteiger charge is -2.38. The lowest BCUT2D eigenvalue weighted by molar-refractivity contribution is -0.0525. The van der Waals surface area contributed by atoms with Crippen molar-refractivity contribution < 1.29 is 23.5 Å². The molecule has 0 aliphatic carbocycles. The molecular formula is C21H24FN3O4. The van der Waals surface area contributed by atoms with E-state index in [9.17, 15) is 14.0 Å². The third-order valence-electron chi connectivity index (χ3n) is 4.69. The van der Waals surface area contributed by atoms with Crippen molar-refractivity contribution in [1.82, 2.24) is 15.5 Å². The Labute approximate surface area is 168 Å². The number of hydrogen-bond donors (Lipinski definition) is 2. The van der Waals surface area contributed by atoms with Crippen LogP contribution in [0.5, 0.6) is 0 Å². The number of carbonyl (C=O) groups excluding carboxylic acids is 2. The normalized spacial score (nSPS) is 16.6. The number of amides is 2. The topological polar surface area (TPSA) is 79.9 Å². The third kappa shape index (κ3) is 5.38. The molecule has 8 heteroatoms. The Morgan fingerprint density at radius 3 is 2.31 bits per heavy atom. The van der Waals surface area contributed by atoms with Crippen LogP contribution in [-0.2, 0) is 9.47 Å². The van der Waals surface area contributed by atoms with E-state index in [0.29, 0.717) is 31.9 Å². The van der Waals surface area contributed by atoms with E-state index in [1.54, 1.807) is 30.3 Å². The van der Waals surface area contributed by atoms with Crippen LogP contribution in [0.1, 0.15) is 20.7 Å². The Hall–Kier alpha value is -2.81. The highest BCUT2D eigenvalue weighted by molar-refractivity contribution is 5.95. The molecule has 1 fully saturated rings. The zero-order chi connectivity index (χ0) is 20.6. The van der Waals surface area contributed by atoms with Crippen molar-refractivity contribution in [2.24, 2.45) is 0 Å². The fourth-order valence-corrected chi connectivity index (χ4v) is 3.14. The predicted molar refractivity (Wildman–Crippen MR) is 105 cm³/mol. The quantitative estimate of drug-likeness (QED) is 0.690. The first-order chi connectivity index (χ1) is 14.1. The number of hydrogen-bond acceptors (Lipinski definition) is 5. The number of methoxy groups -OCH3 is 1. The van der Waals surface area contributed by atoms with Crippen molar-refractivity contribution in [2.75, 3.05) is 33.4 Å². The molecule has 1 aliphatic rings. The molecule has 7 nitrogen and oxygen atoms in total. The van der Waals surface area contributed by atoms with Crippen LogP contribution in [0.4, 0.5) is 4.39 Å². The highest BCUT2D eigenvalue weighted by Crippen LogP contribution is 2.12. The summed E-state index contributed by atoms with van der Waals surface area (Å²) in [5, 5.41) is 5.60. The summed E-state index contributed by atoms with van der Waals surface area (Å²) in [4.78, 5) is 27.3. The Morgan fingerprint density at radius 2 is 1.66 bits per heavy atom. The maximum Gasteiger partial charge on any atom is 0.255 e. The molecule has 2 amide bonds. The van der Waals surface area contributed by atoms with E-state index >= 15 is 0 Å². The molecule has 0 aromatic heterocycles. The minimum Gasteiger partial charge on any atom is -0.379 e. The van der Waals surface area contributed by atoms with E-state index < -0.39 is 24.1 Å². The van der Waals surface area contributed by atoms with Gasteiger partial charge in [0.25, 0.3) is 11.8 Å². The van der Waals surface area contributed by atoms with Crippen LogP contribution < -0.4 is 10.6 Å². The predicted octanol–water partition coefficient (Wildman–Crippen LogP) is 1.62. The SMILES string of the molecule is COC(NC(=O)c1ccccc1)C(NC(=O)c1ccccc1F)N1CCOCC1. The highest BCUT2D eigenvalue weighted by atomic mass is 19.1. The summed E-state index contributed by atoms with van der Waals surface area (Å²) >= 11 is 0. The second kappa shape index (κ2) is 10.1. The second-order valence-electron chi connectivity index (χ2n) is 6.54. The van der Waals surface area contributed by atoms with Gasteiger partial charge in [0.1, 0.15) is 12.0 Å². The van der Waals surface area contributed by atoms with E-state index in [2.05, 4.69) is 10.6 Å². The average Bonchev–Trinajstić information content (AvgIpc) is 2.77. The lowest BCUT2D eigenvalue weighted by Crippen LogP contribution is -2.62. The van der Waals surface area contributed by atoms with Gasteiger partial charge in [-0.15, -0.1) is 0 Å². The number of carbonyl (C=O) groups is 2. The van der Waals surface area contributed by atoms with Gasteiger partial charge >= 0.3 is 0 Å². The van der Waals surface area contributed by atoms with Crippen molar-refractivity contribution in [2.45, 2.75) is 12.4 Å². The molecular weight excluding hydrogens is 377 g/mol. The third-order valence-corrected chi connectivity index (χ3v) is 4.69. The van der Waals surface area contributed by atoms with Gasteiger partial charge in [-0.2, -0.15) is 0 Å². The van der Waals surface area contributed by atoms with Gasteiger partial charge in [-0.1, -0.05) is 30.3 Å². The summed E-state index contributed by atoms with van der Waals surface area (Å²) in [6.07, 6.45) is -1.56. The fraction of sp³-hybridized carbons (Fsp3) is 0.333. The standard InChI is InChI=1S/C21H24FN3O4/c1-28-21(24-19(26)15-7-3-2-4-8-15)18(25-11-13-29-14-12-25)23-20(27)16-9-5-6-10-17(16)22/h2-10,18,21H,11-14H2,1H3,(H,23,27)(H,24,26). The molecule has 1 saturated heterocycles. The van der Waals surface area contributed by atoms with Gasteiger partial charge in [-0.05, 0) is 24.3 Å². The monoisotopic (exact) mass is 401 g/mol. The molecule has 2 N–H and O–H groups in total. The van der Waals surface area contributed by atoms with Crippen LogP contribution in [0.15, 0.2) is 54.6 Å². The molecule has 2 unspecified atom stereocenters. The number of morpholine rings is 1. The summed E-state index contributed by atoms with van der Waals surface area (Å²) in [6, 6.07) is 14.4. The average molecular weight is 401 g/mol. The summed E-state index contributed by atoms with van der Waals surface area (Å²) in [6.45, 7) is 2.02. The maximum absolute atomic E-state index is 14.1. The van der Waals surface area contributed by atoms with Gasteiger partial charge in [0, 0.05) is 25.8 Å². The zero-order valence-corrected chi connectivity index (χ0v) is 16.1. The van der Waals surface area contributed by atoms with Crippen LogP contribution in [0.3, 0.4) is 0 Å². The molecule has 0 bridgehead atoms. The van der Waals surface area contributed by atoms with E-state index in [0.717, 1.165) is 0 Å². The number of ether oxygens (including phenoxy) is 2. The van der Waals surface area contributed by atoms with E-state index in [-0.39, 0.29) is 11.5 Å². The van der Waals surface area contributed by atoms with E-state index in [1.807, 2.05) is 11.0 Å². The molecule has 0 spiro atoms. The Morgan fingerprint density at radius 1 is 1.00 bits per heavy atom. The molecule has 154 valence electrons. The molecule has 1 heterocycles. The molecule has 2 aromatic rings. The summed E-state index contributed by atoms with van der Waals surface area (Å²) in [5.74, 6) is -1.54. The van der Waals surface area contributed by atoms with Gasteiger partial charge in [0.05, 0.1) is 18.8 Å². The Bertz CT molecular complexity index is 828. The van der Waals surface area contributed by atoms with Crippen molar-refractivity contribution in [1.29, 1.82) is 0 Å². The molecule has 0 radical (unpaired) electrons. The second-order valence-corrected chi connectivity index (χ2v) is 6.54. The van der Waals surface area contributed by atoms with Gasteiger partial charge in [0.15, 0.2) is 6.23 Å². The number of rotatable bonds is 7. The van der Waals surface area contributed by atoms with Crippen LogP contribution in [0, 0.1) is 5.82 Å². The van der Waals surface area contributed by atoms with Gasteiger partial charge in [-0.3, -0.25) is 14.5 Å². The Kier molecular flexibility index (Phi) is 7.29. The van der Waals surface area contributed by atoms with E-state index in [1.165, 1.54) is 25.3 Å². The summed E-state index contributed by atoms with van der Waals surface area (Å²) in [7, 11) is 1.44. The molecule has 2 aromatic carbocycles.